The number of alkyl carbamates (subject to hydrolysis) is 1. The van der Waals surface area contributed by atoms with Crippen LogP contribution in [0.25, 0.3) is 0 Å². The number of non-ortho nitro benzene ring substituents is 1. The van der Waals surface area contributed by atoms with Gasteiger partial charge in [-0.25, -0.2) is 4.79 Å². The van der Waals surface area contributed by atoms with Crippen LogP contribution in [0.4, 0.5) is 16.2 Å². The Morgan fingerprint density at radius 2 is 1.38 bits per heavy atom. The van der Waals surface area contributed by atoms with E-state index in [-0.39, 0.29) is 55.5 Å². The maximum absolute atomic E-state index is 13.8. The number of nitrogens with one attached hydrogen (secondary N) is 4. The number of amides is 4. The first-order valence-corrected chi connectivity index (χ1v) is 16.6. The first-order valence-electron chi connectivity index (χ1n) is 16.6. The number of anilines is 1. The number of unbranched alkanes of at least 4 members (excludes halogenated alkanes) is 1. The zero-order chi connectivity index (χ0) is 37.9. The van der Waals surface area contributed by atoms with E-state index in [0.29, 0.717) is 31.4 Å². The third-order valence-electron chi connectivity index (χ3n) is 7.70. The zero-order valence-corrected chi connectivity index (χ0v) is 28.5. The molecule has 52 heavy (non-hydrogen) atoms. The minimum absolute atomic E-state index is 0.00521. The van der Waals surface area contributed by atoms with E-state index >= 15 is 0 Å². The lowest BCUT2D eigenvalue weighted by Crippen LogP contribution is -2.56. The predicted molar refractivity (Wildman–Crippen MR) is 194 cm³/mol. The molecule has 0 spiro atoms. The number of rotatable bonds is 20. The normalized spacial score (nSPS) is 12.3. The molecule has 4 amide bonds. The number of carbonyl (C=O) groups excluding carboxylic acids is 4. The highest BCUT2D eigenvalue weighted by Crippen LogP contribution is 2.17. The highest BCUT2D eigenvalue weighted by molar-refractivity contribution is 5.99. The second-order valence-electron chi connectivity index (χ2n) is 11.8. The van der Waals surface area contributed by atoms with Gasteiger partial charge in [0.1, 0.15) is 30.5 Å². The van der Waals surface area contributed by atoms with Gasteiger partial charge in [0.15, 0.2) is 5.96 Å². The lowest BCUT2D eigenvalue weighted by molar-refractivity contribution is -0.384. The molecular formula is C35H45N9O8. The van der Waals surface area contributed by atoms with Crippen molar-refractivity contribution in [2.24, 2.45) is 22.2 Å². The maximum Gasteiger partial charge on any atom is 0.408 e. The molecule has 0 aliphatic heterocycles. The minimum atomic E-state index is -1.20. The molecule has 0 unspecified atom stereocenters. The topological polar surface area (TPSA) is 279 Å². The van der Waals surface area contributed by atoms with Crippen molar-refractivity contribution in [1.29, 1.82) is 0 Å². The molecule has 0 fully saturated rings. The quantitative estimate of drug-likeness (QED) is 0.0275. The number of nitrogens with two attached hydrogens (primary N) is 3. The summed E-state index contributed by atoms with van der Waals surface area (Å²) in [5.41, 5.74) is 18.0. The molecule has 0 aromatic heterocycles. The van der Waals surface area contributed by atoms with Crippen molar-refractivity contribution in [1.82, 2.24) is 16.0 Å². The Morgan fingerprint density at radius 3 is 2.00 bits per heavy atom. The van der Waals surface area contributed by atoms with Gasteiger partial charge in [0.25, 0.3) is 5.69 Å². The van der Waals surface area contributed by atoms with Crippen LogP contribution in [-0.4, -0.2) is 71.0 Å². The van der Waals surface area contributed by atoms with Gasteiger partial charge in [-0.2, -0.15) is 0 Å². The summed E-state index contributed by atoms with van der Waals surface area (Å²) in [5, 5.41) is 31.4. The van der Waals surface area contributed by atoms with Gasteiger partial charge in [0.2, 0.25) is 17.7 Å². The summed E-state index contributed by atoms with van der Waals surface area (Å²) in [6.07, 6.45) is 0.680. The molecule has 0 aliphatic rings. The van der Waals surface area contributed by atoms with Crippen LogP contribution in [0.15, 0.2) is 83.9 Å². The fourth-order valence-corrected chi connectivity index (χ4v) is 4.96. The number of nitro groups is 1. The summed E-state index contributed by atoms with van der Waals surface area (Å²) >= 11 is 0. The van der Waals surface area contributed by atoms with Gasteiger partial charge in [-0.15, -0.1) is 0 Å². The highest BCUT2D eigenvalue weighted by atomic mass is 16.6. The van der Waals surface area contributed by atoms with E-state index in [1.165, 1.54) is 36.4 Å². The van der Waals surface area contributed by atoms with E-state index in [0.717, 1.165) is 5.56 Å². The van der Waals surface area contributed by atoms with E-state index in [1.54, 1.807) is 36.4 Å². The molecule has 0 aliphatic carbocycles. The van der Waals surface area contributed by atoms with Crippen LogP contribution >= 0.6 is 0 Å². The van der Waals surface area contributed by atoms with E-state index in [4.69, 9.17) is 21.9 Å². The van der Waals surface area contributed by atoms with Crippen LogP contribution in [-0.2, 0) is 32.1 Å². The first kappa shape index (κ1) is 40.2. The molecule has 3 rings (SSSR count). The molecule has 11 N–H and O–H groups in total. The summed E-state index contributed by atoms with van der Waals surface area (Å²) in [6.45, 7) is 0.462. The molecule has 17 nitrogen and oxygen atoms in total. The lowest BCUT2D eigenvalue weighted by Gasteiger charge is -2.25. The second-order valence-corrected chi connectivity index (χ2v) is 11.8. The smallest absolute Gasteiger partial charge is 0.408 e. The fraction of sp³-hybridized carbons (Fsp3) is 0.343. The van der Waals surface area contributed by atoms with Gasteiger partial charge in [0.05, 0.1) is 4.92 Å². The van der Waals surface area contributed by atoms with Crippen LogP contribution in [0.5, 0.6) is 5.75 Å². The van der Waals surface area contributed by atoms with E-state index in [2.05, 4.69) is 26.3 Å². The Bertz CT molecular complexity index is 1650. The maximum atomic E-state index is 13.8. The van der Waals surface area contributed by atoms with Gasteiger partial charge in [0, 0.05) is 30.8 Å². The Kier molecular flexibility index (Phi) is 16.3. The Labute approximate surface area is 300 Å². The standard InChI is InChI=1S/C35H45N9O8/c36-19-5-4-9-28(32(47)41-29(10-6-20-39-34(37)38)31(46)40-25-13-15-26(16-14-25)44(50)51)42-33(48)30(21-23-11-17-27(45)18-12-23)43-35(49)52-22-24-7-2-1-3-8-24/h1-3,7-8,11-18,28-30,45H,4-6,9-10,19-22,36H2,(H,40,46)(H,41,47)(H,42,48)(H,43,49)(H4,37,38,39)/t28-,29-,30-/m0/s1. The second kappa shape index (κ2) is 21.1. The third kappa shape index (κ3) is 14.3. The largest absolute Gasteiger partial charge is 0.508 e. The monoisotopic (exact) mass is 719 g/mol. The first-order chi connectivity index (χ1) is 24.9. The van der Waals surface area contributed by atoms with E-state index in [9.17, 15) is 34.4 Å². The van der Waals surface area contributed by atoms with Crippen molar-refractivity contribution in [3.8, 4) is 5.75 Å². The molecule has 17 heteroatoms. The number of ether oxygens (including phenoxy) is 1. The Hall–Kier alpha value is -6.23. The van der Waals surface area contributed by atoms with Crippen molar-refractivity contribution in [3.05, 3.63) is 100 Å². The number of phenols is 1. The summed E-state index contributed by atoms with van der Waals surface area (Å²) in [7, 11) is 0. The summed E-state index contributed by atoms with van der Waals surface area (Å²) in [4.78, 5) is 68.2. The number of nitro benzene ring substituents is 1. The van der Waals surface area contributed by atoms with Crippen molar-refractivity contribution in [2.45, 2.75) is 63.3 Å². The van der Waals surface area contributed by atoms with Gasteiger partial charge in [-0.3, -0.25) is 29.5 Å². The van der Waals surface area contributed by atoms with Crippen LogP contribution in [0.2, 0.25) is 0 Å². The molecule has 3 aromatic rings. The summed E-state index contributed by atoms with van der Waals surface area (Å²) in [6, 6.07) is 16.7. The number of aromatic hydroxyl groups is 1. The number of benzene rings is 3. The molecule has 278 valence electrons. The summed E-state index contributed by atoms with van der Waals surface area (Å²) in [5.74, 6) is -2.12. The number of hydrogen-bond donors (Lipinski definition) is 8. The zero-order valence-electron chi connectivity index (χ0n) is 28.5. The number of phenolic OH excluding ortho intramolecular Hbond substituents is 1. The van der Waals surface area contributed by atoms with E-state index in [1.807, 2.05) is 6.07 Å². The van der Waals surface area contributed by atoms with Gasteiger partial charge in [-0.05, 0) is 74.0 Å². The Balaban J connectivity index is 1.79. The average Bonchev–Trinajstić information content (AvgIpc) is 3.12. The molecule has 3 aromatic carbocycles. The van der Waals surface area contributed by atoms with Gasteiger partial charge < -0.3 is 48.3 Å². The predicted octanol–water partition coefficient (Wildman–Crippen LogP) is 1.93. The molecule has 0 bridgehead atoms. The molecule has 0 saturated carbocycles. The van der Waals surface area contributed by atoms with E-state index < -0.39 is 46.9 Å². The molecule has 0 heterocycles. The number of carbonyl (C=O) groups is 4. The number of hydrogen-bond acceptors (Lipinski definition) is 10. The van der Waals surface area contributed by atoms with Crippen molar-refractivity contribution < 1.29 is 33.9 Å². The molecular weight excluding hydrogens is 674 g/mol. The van der Waals surface area contributed by atoms with Gasteiger partial charge in [-0.1, -0.05) is 42.5 Å². The SMILES string of the molecule is NCCCC[C@H](NC(=O)[C@H](Cc1ccc(O)cc1)NC(=O)OCc1ccccc1)C(=O)N[C@@H](CCCN=C(N)N)C(=O)Nc1ccc([N+](=O)[O-])cc1. The third-order valence-corrected chi connectivity index (χ3v) is 7.70. The highest BCUT2D eigenvalue weighted by Gasteiger charge is 2.30. The lowest BCUT2D eigenvalue weighted by atomic mass is 10.0. The minimum Gasteiger partial charge on any atom is -0.508 e. The molecule has 3 atom stereocenters. The van der Waals surface area contributed by atoms with Crippen molar-refractivity contribution in [2.75, 3.05) is 18.4 Å². The average molecular weight is 720 g/mol. The molecule has 0 saturated heterocycles. The van der Waals surface area contributed by atoms with Crippen molar-refractivity contribution in [3.63, 3.8) is 0 Å². The fourth-order valence-electron chi connectivity index (χ4n) is 4.96. The van der Waals surface area contributed by atoms with Crippen LogP contribution in [0.1, 0.15) is 43.2 Å². The number of aliphatic imine (C=N–C) groups is 1. The number of nitrogens with zero attached hydrogens (tertiary/aromatic N) is 2. The van der Waals surface area contributed by atoms with Crippen LogP contribution in [0, 0.1) is 10.1 Å². The van der Waals surface area contributed by atoms with Crippen molar-refractivity contribution >= 4 is 41.1 Å². The molecule has 0 radical (unpaired) electrons. The Morgan fingerprint density at radius 1 is 0.769 bits per heavy atom. The van der Waals surface area contributed by atoms with Crippen LogP contribution in [0.3, 0.4) is 0 Å². The summed E-state index contributed by atoms with van der Waals surface area (Å²) < 4.78 is 5.34. The van der Waals surface area contributed by atoms with Gasteiger partial charge >= 0.3 is 6.09 Å². The van der Waals surface area contributed by atoms with Crippen LogP contribution < -0.4 is 38.5 Å². The number of guanidine groups is 1.